The van der Waals surface area contributed by atoms with Crippen LogP contribution in [-0.2, 0) is 0 Å². The minimum absolute atomic E-state index is 0. The van der Waals surface area contributed by atoms with Gasteiger partial charge in [0, 0.05) is 22.8 Å². The number of hydrogen-bond donors (Lipinski definition) is 0. The molecule has 0 saturated carbocycles. The summed E-state index contributed by atoms with van der Waals surface area (Å²) in [5.74, 6) is 0. The van der Waals surface area contributed by atoms with Crippen LogP contribution in [0.25, 0.3) is 0 Å². The summed E-state index contributed by atoms with van der Waals surface area (Å²) >= 11 is 0. The Bertz CT molecular complexity index is 478. The van der Waals surface area contributed by atoms with Crippen molar-refractivity contribution in [1.29, 1.82) is 0 Å². The summed E-state index contributed by atoms with van der Waals surface area (Å²) < 4.78 is 34.0. The summed E-state index contributed by atoms with van der Waals surface area (Å²) in [6, 6.07) is 8.31. The van der Waals surface area contributed by atoms with Crippen LogP contribution in [0.1, 0.15) is 33.9 Å². The first-order valence-corrected chi connectivity index (χ1v) is 8.06. The molecule has 8 heteroatoms. The minimum Gasteiger partial charge on any atom is -0.258 e. The topological polar surface area (TPSA) is 118 Å². The number of halogens is 2. The first kappa shape index (κ1) is 25.4. The summed E-state index contributed by atoms with van der Waals surface area (Å²) in [5, 5.41) is 0. The fourth-order valence-electron chi connectivity index (χ4n) is 2.09. The molecule has 0 spiro atoms. The van der Waals surface area contributed by atoms with E-state index in [1.165, 1.54) is 11.1 Å². The Morgan fingerprint density at radius 2 is 0.750 bits per heavy atom. The van der Waals surface area contributed by atoms with Crippen molar-refractivity contribution in [2.24, 2.45) is 0 Å². The van der Waals surface area contributed by atoms with E-state index >= 15 is 0 Å². The molecule has 0 aliphatic rings. The van der Waals surface area contributed by atoms with Crippen molar-refractivity contribution in [2.45, 2.75) is 41.5 Å². The minimum atomic E-state index is -4.94. The molecule has 0 aliphatic carbocycles. The van der Waals surface area contributed by atoms with Gasteiger partial charge >= 0.3 is 24.0 Å². The van der Waals surface area contributed by atoms with Crippen LogP contribution >= 0.6 is 0 Å². The first-order valence-electron chi connectivity index (χ1n) is 6.82. The molecule has 0 unspecified atom stereocenters. The Kier molecular flexibility index (Phi) is 12.3. The van der Waals surface area contributed by atoms with Crippen molar-refractivity contribution in [2.75, 3.05) is 0 Å². The van der Waals surface area contributed by atoms with Gasteiger partial charge in [0.15, 0.2) is 0 Å². The molecule has 0 saturated heterocycles. The highest BCUT2D eigenvalue weighted by Gasteiger charge is 1.89. The normalized spacial score (nSPS) is 9.75. The summed E-state index contributed by atoms with van der Waals surface area (Å²) in [7, 11) is -4.94. The van der Waals surface area contributed by atoms with Gasteiger partial charge in [-0.1, -0.05) is 0 Å². The van der Waals surface area contributed by atoms with E-state index in [-0.39, 0.29) is 24.0 Å². The maximum absolute atomic E-state index is 8.49. The molecular weight excluding hydrogens is 447 g/mol. The highest BCUT2D eigenvalue weighted by molar-refractivity contribution is 5.18. The van der Waals surface area contributed by atoms with Crippen molar-refractivity contribution in [3.8, 4) is 0 Å². The van der Waals surface area contributed by atoms with Gasteiger partial charge in [0.1, 0.15) is 0 Å². The zero-order valence-electron chi connectivity index (χ0n) is 14.6. The smallest absolute Gasteiger partial charge is 0.258 e. The second-order valence-corrected chi connectivity index (χ2v) is 5.99. The van der Waals surface area contributed by atoms with Crippen molar-refractivity contribution in [1.82, 2.24) is 9.97 Å². The molecule has 24 heavy (non-hydrogen) atoms. The molecule has 6 nitrogen and oxygen atoms in total. The second-order valence-electron chi connectivity index (χ2n) is 5.23. The zero-order valence-corrected chi connectivity index (χ0v) is 17.7. The largest absolute Gasteiger partial charge is 0.553 e. The number of rotatable bonds is 0. The average Bonchev–Trinajstić information content (AvgIpc) is 2.22. The monoisotopic (exact) mass is 469 g/mol. The standard InChI is InChI=1S/2C8H11N.ClHO4.HI/c2*1-6-4-7(2)9-8(3)5-6;2-1(3,4)5;/h2*4-5H,1-3H3;(H,2,3,4,5);1H/q;;;+1/p-1. The van der Waals surface area contributed by atoms with Crippen LogP contribution in [0.2, 0.25) is 0 Å². The number of pyridine rings is 2. The number of hydrogen-bond acceptors (Lipinski definition) is 6. The molecule has 0 N–H and O–H groups in total. The second kappa shape index (κ2) is 11.7. The molecule has 0 aliphatic heterocycles. The van der Waals surface area contributed by atoms with E-state index in [9.17, 15) is 0 Å². The van der Waals surface area contributed by atoms with Gasteiger partial charge in [0.2, 0.25) is 0 Å². The SMILES string of the molecule is Cc1cc(C)nc(C)c1.Cc1cc(C)nc(C)c1.[IH+].[O-][Cl+3]([O-])([O-])[O-]. The maximum atomic E-state index is 8.49. The van der Waals surface area contributed by atoms with Crippen molar-refractivity contribution < 1.29 is 52.9 Å². The molecule has 0 aromatic carbocycles. The molecule has 0 fully saturated rings. The van der Waals surface area contributed by atoms with Crippen molar-refractivity contribution >= 4 is 0 Å². The predicted molar refractivity (Wildman–Crippen MR) is 78.3 cm³/mol. The third-order valence-corrected chi connectivity index (χ3v) is 2.45. The van der Waals surface area contributed by atoms with E-state index in [1.54, 1.807) is 0 Å². The van der Waals surface area contributed by atoms with E-state index in [0.29, 0.717) is 0 Å². The van der Waals surface area contributed by atoms with E-state index in [2.05, 4.69) is 48.1 Å². The van der Waals surface area contributed by atoms with Crippen LogP contribution in [0, 0.1) is 51.8 Å². The van der Waals surface area contributed by atoms with E-state index < -0.39 is 10.2 Å². The molecule has 2 aromatic rings. The van der Waals surface area contributed by atoms with Gasteiger partial charge in [-0.2, -0.15) is 0 Å². The lowest BCUT2D eigenvalue weighted by molar-refractivity contribution is -2.00. The summed E-state index contributed by atoms with van der Waals surface area (Å²) in [5.41, 5.74) is 7.00. The molecule has 2 heterocycles. The van der Waals surface area contributed by atoms with Crippen LogP contribution in [0.15, 0.2) is 24.3 Å². The summed E-state index contributed by atoms with van der Waals surface area (Å²) in [4.78, 5) is 8.47. The van der Waals surface area contributed by atoms with E-state index in [4.69, 9.17) is 18.6 Å². The summed E-state index contributed by atoms with van der Waals surface area (Å²) in [6.45, 7) is 12.2. The molecule has 1 radical (unpaired) electrons. The van der Waals surface area contributed by atoms with Gasteiger partial charge in [-0.05, 0) is 76.9 Å². The molecule has 0 amide bonds. The molecule has 135 valence electrons. The van der Waals surface area contributed by atoms with Crippen LogP contribution in [0.5, 0.6) is 0 Å². The predicted octanol–water partition coefficient (Wildman–Crippen LogP) is -4.01. The Morgan fingerprint density at radius 1 is 0.583 bits per heavy atom. The molecule has 2 aromatic heterocycles. The first-order chi connectivity index (χ1) is 10.4. The maximum Gasteiger partial charge on any atom is 0.553 e. The Morgan fingerprint density at radius 3 is 0.875 bits per heavy atom. The van der Waals surface area contributed by atoms with Crippen LogP contribution in [0.4, 0.5) is 0 Å². The van der Waals surface area contributed by atoms with Gasteiger partial charge in [0.05, 0.1) is 0 Å². The third kappa shape index (κ3) is 16.0. The van der Waals surface area contributed by atoms with Gasteiger partial charge in [-0.15, -0.1) is 10.2 Å². The highest BCUT2D eigenvalue weighted by Crippen LogP contribution is 2.02. The van der Waals surface area contributed by atoms with Crippen molar-refractivity contribution in [3.63, 3.8) is 0 Å². The van der Waals surface area contributed by atoms with Crippen LogP contribution in [-0.4, -0.2) is 9.97 Å². The lowest BCUT2D eigenvalue weighted by Crippen LogP contribution is -3.00. The Labute approximate surface area is 162 Å². The number of aryl methyl sites for hydroxylation is 6. The lowest BCUT2D eigenvalue weighted by Gasteiger charge is -2.17. The molecule has 0 atom stereocenters. The number of aromatic nitrogens is 2. The summed E-state index contributed by atoms with van der Waals surface area (Å²) in [6.07, 6.45) is 0. The Balaban J connectivity index is 0. The van der Waals surface area contributed by atoms with Crippen LogP contribution < -0.4 is 42.6 Å². The van der Waals surface area contributed by atoms with Gasteiger partial charge in [0.25, 0.3) is 0 Å². The molecule has 0 bridgehead atoms. The van der Waals surface area contributed by atoms with E-state index in [1.807, 2.05) is 27.7 Å². The third-order valence-electron chi connectivity index (χ3n) is 2.45. The molecular formula is C16H23ClIN2O4. The zero-order chi connectivity index (χ0) is 18.2. The van der Waals surface area contributed by atoms with E-state index in [0.717, 1.165) is 22.8 Å². The van der Waals surface area contributed by atoms with Crippen molar-refractivity contribution in [3.05, 3.63) is 58.2 Å². The van der Waals surface area contributed by atoms with Gasteiger partial charge in [-0.3, -0.25) is 9.97 Å². The van der Waals surface area contributed by atoms with Gasteiger partial charge < -0.3 is 0 Å². The fourth-order valence-corrected chi connectivity index (χ4v) is 2.09. The highest BCUT2D eigenvalue weighted by atomic mass is 127. The lowest BCUT2D eigenvalue weighted by atomic mass is 10.2. The fraction of sp³-hybridized carbons (Fsp3) is 0.375. The van der Waals surface area contributed by atoms with Crippen LogP contribution in [0.3, 0.4) is 0 Å². The average molecular weight is 470 g/mol. The number of nitrogens with zero attached hydrogens (tertiary/aromatic N) is 2. The quantitative estimate of drug-likeness (QED) is 0.363. The molecule has 2 rings (SSSR count). The van der Waals surface area contributed by atoms with Gasteiger partial charge in [-0.25, -0.2) is 18.6 Å². The Hall–Kier alpha value is -0.840.